The molecule has 0 saturated carbocycles. The van der Waals surface area contributed by atoms with E-state index >= 15 is 0 Å². The summed E-state index contributed by atoms with van der Waals surface area (Å²) in [5.41, 5.74) is -2.55. The smallest absolute Gasteiger partial charge is 0.417 e. The number of aromatic nitrogens is 1. The third kappa shape index (κ3) is 3.74. The van der Waals surface area contributed by atoms with E-state index in [1.807, 2.05) is 0 Å². The van der Waals surface area contributed by atoms with Crippen molar-refractivity contribution in [2.75, 3.05) is 19.0 Å². The first-order valence-electron chi connectivity index (χ1n) is 10.3. The van der Waals surface area contributed by atoms with Crippen LogP contribution in [0.1, 0.15) is 37.1 Å². The van der Waals surface area contributed by atoms with E-state index in [0.29, 0.717) is 0 Å². The number of halogens is 5. The van der Waals surface area contributed by atoms with Gasteiger partial charge in [0.15, 0.2) is 17.2 Å². The molecule has 0 aliphatic carbocycles. The quantitative estimate of drug-likeness (QED) is 0.636. The number of aliphatic hydroxyl groups excluding tert-OH is 1. The molecule has 2 aliphatic heterocycles. The van der Waals surface area contributed by atoms with Crippen LogP contribution in [-0.2, 0) is 9.53 Å². The molecule has 4 rings (SSSR count). The van der Waals surface area contributed by atoms with E-state index < -0.39 is 59.1 Å². The fourth-order valence-electron chi connectivity index (χ4n) is 4.39. The fraction of sp³-hybridized carbons (Fsp3) is 0.455. The highest BCUT2D eigenvalue weighted by Crippen LogP contribution is 2.55. The normalized spacial score (nSPS) is 28.4. The van der Waals surface area contributed by atoms with E-state index in [-0.39, 0.29) is 29.3 Å². The lowest BCUT2D eigenvalue weighted by molar-refractivity contribution is -0.272. The molecule has 2 aliphatic rings. The zero-order chi connectivity index (χ0) is 25.0. The molecule has 0 bridgehead atoms. The Balaban J connectivity index is 1.73. The van der Waals surface area contributed by atoms with Gasteiger partial charge in [0.1, 0.15) is 30.3 Å². The standard InChI is InChI=1S/C22H21F5N2O5/c1-9-15(11-4-5-12(23)16(24)18(11)32-3)19(34-21(9,2)22(25,26)27)20(31)29-10-6-14-17(28-7-10)13(30)8-33-14/h4-7,9,13,15,19,30H,8H2,1-3H3,(H,29,31)/t9-,13?,15-,19-,21+/m0/s1. The second kappa shape index (κ2) is 8.35. The summed E-state index contributed by atoms with van der Waals surface area (Å²) in [6, 6.07) is 3.20. The van der Waals surface area contributed by atoms with Crippen LogP contribution in [0.5, 0.6) is 11.5 Å². The SMILES string of the molecule is COc1c([C@H]2[C@@H](C(=O)Nc3cnc4c(c3)OCC4O)O[C@@](C)(C(F)(F)F)[C@H]2C)ccc(F)c1F. The second-order valence-corrected chi connectivity index (χ2v) is 8.36. The number of carbonyl (C=O) groups is 1. The maximum atomic E-state index is 14.4. The highest BCUT2D eigenvalue weighted by Gasteiger charge is 2.65. The fourth-order valence-corrected chi connectivity index (χ4v) is 4.39. The molecule has 2 N–H and O–H groups in total. The van der Waals surface area contributed by atoms with Gasteiger partial charge < -0.3 is 24.6 Å². The van der Waals surface area contributed by atoms with Crippen molar-refractivity contribution >= 4 is 11.6 Å². The lowest BCUT2D eigenvalue weighted by atomic mass is 9.77. The lowest BCUT2D eigenvalue weighted by Crippen LogP contribution is -2.47. The number of benzene rings is 1. The number of pyridine rings is 1. The topological polar surface area (TPSA) is 89.9 Å². The van der Waals surface area contributed by atoms with Gasteiger partial charge in [0, 0.05) is 23.5 Å². The summed E-state index contributed by atoms with van der Waals surface area (Å²) in [5, 5.41) is 12.2. The minimum Gasteiger partial charge on any atom is -0.493 e. The molecule has 5 atom stereocenters. The predicted octanol–water partition coefficient (Wildman–Crippen LogP) is 3.87. The van der Waals surface area contributed by atoms with Gasteiger partial charge >= 0.3 is 6.18 Å². The largest absolute Gasteiger partial charge is 0.493 e. The van der Waals surface area contributed by atoms with E-state index in [1.165, 1.54) is 19.2 Å². The number of hydrogen-bond acceptors (Lipinski definition) is 6. The van der Waals surface area contributed by atoms with E-state index in [1.54, 1.807) is 0 Å². The van der Waals surface area contributed by atoms with Crippen LogP contribution in [0.3, 0.4) is 0 Å². The summed E-state index contributed by atoms with van der Waals surface area (Å²) in [7, 11) is 1.05. The number of hydrogen-bond donors (Lipinski definition) is 2. The molecule has 184 valence electrons. The monoisotopic (exact) mass is 488 g/mol. The van der Waals surface area contributed by atoms with Crippen LogP contribution in [0.25, 0.3) is 0 Å². The number of amides is 1. The van der Waals surface area contributed by atoms with Crippen LogP contribution in [-0.4, -0.2) is 47.6 Å². The van der Waals surface area contributed by atoms with Gasteiger partial charge in [0.25, 0.3) is 5.91 Å². The van der Waals surface area contributed by atoms with Crippen molar-refractivity contribution in [3.8, 4) is 11.5 Å². The van der Waals surface area contributed by atoms with Gasteiger partial charge in [-0.3, -0.25) is 9.78 Å². The number of nitrogens with zero attached hydrogens (tertiary/aromatic N) is 1. The zero-order valence-corrected chi connectivity index (χ0v) is 18.2. The Morgan fingerprint density at radius 1 is 1.32 bits per heavy atom. The Kier molecular flexibility index (Phi) is 5.93. The summed E-state index contributed by atoms with van der Waals surface area (Å²) in [4.78, 5) is 17.2. The van der Waals surface area contributed by atoms with E-state index in [9.17, 15) is 31.9 Å². The number of nitrogens with one attached hydrogen (secondary N) is 1. The molecular weight excluding hydrogens is 467 g/mol. The first-order valence-corrected chi connectivity index (χ1v) is 10.3. The van der Waals surface area contributed by atoms with Gasteiger partial charge in [-0.2, -0.15) is 17.6 Å². The zero-order valence-electron chi connectivity index (χ0n) is 18.2. The van der Waals surface area contributed by atoms with Crippen molar-refractivity contribution in [2.45, 2.75) is 43.8 Å². The minimum atomic E-state index is -4.87. The Labute approximate surface area is 190 Å². The van der Waals surface area contributed by atoms with Crippen molar-refractivity contribution in [3.05, 3.63) is 47.3 Å². The maximum absolute atomic E-state index is 14.4. The van der Waals surface area contributed by atoms with Gasteiger partial charge in [-0.05, 0) is 13.0 Å². The van der Waals surface area contributed by atoms with E-state index in [2.05, 4.69) is 10.3 Å². The van der Waals surface area contributed by atoms with E-state index in [0.717, 1.165) is 26.2 Å². The predicted molar refractivity (Wildman–Crippen MR) is 107 cm³/mol. The molecule has 1 saturated heterocycles. The number of rotatable bonds is 4. The van der Waals surface area contributed by atoms with Gasteiger partial charge in [-0.25, -0.2) is 4.39 Å². The molecule has 1 aromatic heterocycles. The average molecular weight is 488 g/mol. The second-order valence-electron chi connectivity index (χ2n) is 8.36. The maximum Gasteiger partial charge on any atom is 0.417 e. The summed E-state index contributed by atoms with van der Waals surface area (Å²) >= 11 is 0. The van der Waals surface area contributed by atoms with Crippen molar-refractivity contribution < 1.29 is 46.1 Å². The molecule has 3 heterocycles. The molecule has 0 radical (unpaired) electrons. The number of fused-ring (bicyclic) bond motifs is 1. The van der Waals surface area contributed by atoms with Crippen LogP contribution in [0.15, 0.2) is 24.4 Å². The van der Waals surface area contributed by atoms with Gasteiger partial charge in [-0.1, -0.05) is 13.0 Å². The van der Waals surface area contributed by atoms with Crippen LogP contribution >= 0.6 is 0 Å². The Bertz CT molecular complexity index is 1130. The van der Waals surface area contributed by atoms with E-state index in [4.69, 9.17) is 14.2 Å². The Morgan fingerprint density at radius 3 is 2.68 bits per heavy atom. The van der Waals surface area contributed by atoms with Crippen molar-refractivity contribution in [3.63, 3.8) is 0 Å². The van der Waals surface area contributed by atoms with Crippen LogP contribution in [0.2, 0.25) is 0 Å². The molecule has 1 unspecified atom stereocenters. The van der Waals surface area contributed by atoms with Crippen molar-refractivity contribution in [2.24, 2.45) is 5.92 Å². The lowest BCUT2D eigenvalue weighted by Gasteiger charge is -2.32. The van der Waals surface area contributed by atoms with Crippen molar-refractivity contribution in [1.82, 2.24) is 4.98 Å². The molecule has 1 fully saturated rings. The third-order valence-corrected chi connectivity index (χ3v) is 6.43. The number of aliphatic hydroxyl groups is 1. The molecule has 1 amide bonds. The van der Waals surface area contributed by atoms with Gasteiger partial charge in [0.05, 0.1) is 19.0 Å². The molecule has 12 heteroatoms. The first kappa shape index (κ1) is 24.1. The number of ether oxygens (including phenoxy) is 3. The van der Waals surface area contributed by atoms with Crippen LogP contribution in [0, 0.1) is 17.6 Å². The van der Waals surface area contributed by atoms with Crippen LogP contribution in [0.4, 0.5) is 27.6 Å². The number of carbonyl (C=O) groups excluding carboxylic acids is 1. The molecule has 1 aromatic carbocycles. The Morgan fingerprint density at radius 2 is 2.03 bits per heavy atom. The summed E-state index contributed by atoms with van der Waals surface area (Å²) in [6.07, 6.45) is -6.33. The summed E-state index contributed by atoms with van der Waals surface area (Å²) in [5.74, 6) is -6.70. The molecule has 2 aromatic rings. The Hall–Kier alpha value is -2.99. The summed E-state index contributed by atoms with van der Waals surface area (Å²) < 4.78 is 85.6. The number of methoxy groups -OCH3 is 1. The average Bonchev–Trinajstić information content (AvgIpc) is 3.27. The number of alkyl halides is 3. The minimum absolute atomic E-state index is 0.0229. The van der Waals surface area contributed by atoms with Gasteiger partial charge in [-0.15, -0.1) is 0 Å². The third-order valence-electron chi connectivity index (χ3n) is 6.43. The molecular formula is C22H21F5N2O5. The first-order chi connectivity index (χ1) is 15.9. The highest BCUT2D eigenvalue weighted by atomic mass is 19.4. The molecule has 34 heavy (non-hydrogen) atoms. The molecule has 0 spiro atoms. The summed E-state index contributed by atoms with van der Waals surface area (Å²) in [6.45, 7) is 2.00. The van der Waals surface area contributed by atoms with Crippen molar-refractivity contribution in [1.29, 1.82) is 0 Å². The van der Waals surface area contributed by atoms with Gasteiger partial charge in [0.2, 0.25) is 5.82 Å². The number of anilines is 1. The molecule has 7 nitrogen and oxygen atoms in total. The highest BCUT2D eigenvalue weighted by molar-refractivity contribution is 5.95. The van der Waals surface area contributed by atoms with Crippen LogP contribution < -0.4 is 14.8 Å².